The standard InChI is InChI=1S/C5H4ClNS/c6-4-5-7-2-1-3-8-5/h1-4H. The Morgan fingerprint density at radius 3 is 3.00 bits per heavy atom. The first-order chi connectivity index (χ1) is 3.93. The van der Waals surface area contributed by atoms with Crippen LogP contribution >= 0.6 is 23.4 Å². The van der Waals surface area contributed by atoms with Crippen LogP contribution in [0.5, 0.6) is 0 Å². The molecule has 0 atom stereocenters. The average molecular weight is 146 g/mol. The minimum atomic E-state index is 0.842. The maximum absolute atomic E-state index is 5.35. The van der Waals surface area contributed by atoms with Crippen LogP contribution in [-0.2, 0) is 0 Å². The van der Waals surface area contributed by atoms with Gasteiger partial charge in [-0.25, -0.2) is 4.99 Å². The Labute approximate surface area is 57.1 Å². The van der Waals surface area contributed by atoms with Crippen LogP contribution in [0.15, 0.2) is 27.0 Å². The molecule has 0 aromatic carbocycles. The number of hydrogen-bond donors (Lipinski definition) is 0. The number of nitrogens with zero attached hydrogens (tertiary/aromatic N) is 1. The second-order valence-corrected chi connectivity index (χ2v) is 2.32. The lowest BCUT2D eigenvalue weighted by atomic mass is 10.7. The first kappa shape index (κ1) is 5.92. The zero-order valence-corrected chi connectivity index (χ0v) is 5.62. The molecule has 1 aliphatic rings. The number of allylic oxidation sites excluding steroid dienone is 1. The van der Waals surface area contributed by atoms with Crippen molar-refractivity contribution in [1.29, 1.82) is 0 Å². The maximum Gasteiger partial charge on any atom is 0.111 e. The second-order valence-electron chi connectivity index (χ2n) is 1.17. The fourth-order valence-electron chi connectivity index (χ4n) is 0.345. The van der Waals surface area contributed by atoms with Gasteiger partial charge in [-0.2, -0.15) is 0 Å². The Balaban J connectivity index is 2.66. The van der Waals surface area contributed by atoms with E-state index in [1.165, 1.54) is 17.3 Å². The summed E-state index contributed by atoms with van der Waals surface area (Å²) in [5, 5.41) is 2.77. The summed E-state index contributed by atoms with van der Waals surface area (Å²) in [7, 11) is 0. The summed E-state index contributed by atoms with van der Waals surface area (Å²) in [4.78, 5) is 3.93. The summed E-state index contributed by atoms with van der Waals surface area (Å²) in [6.07, 6.45) is 3.58. The van der Waals surface area contributed by atoms with Crippen LogP contribution in [0.25, 0.3) is 0 Å². The van der Waals surface area contributed by atoms with Crippen molar-refractivity contribution in [2.45, 2.75) is 0 Å². The van der Waals surface area contributed by atoms with E-state index in [0.29, 0.717) is 0 Å². The lowest BCUT2D eigenvalue weighted by Gasteiger charge is -1.95. The fraction of sp³-hybridized carbons (Fsp3) is 0. The van der Waals surface area contributed by atoms with Gasteiger partial charge in [0.2, 0.25) is 0 Å². The summed E-state index contributed by atoms with van der Waals surface area (Å²) >= 11 is 6.86. The molecule has 0 spiro atoms. The quantitative estimate of drug-likeness (QED) is 0.510. The predicted molar refractivity (Wildman–Crippen MR) is 39.2 cm³/mol. The molecular formula is C5H4ClNS. The van der Waals surface area contributed by atoms with Gasteiger partial charge in [0.25, 0.3) is 0 Å². The van der Waals surface area contributed by atoms with E-state index in [4.69, 9.17) is 11.6 Å². The normalized spacial score (nSPS) is 22.4. The molecule has 0 amide bonds. The molecule has 1 heterocycles. The highest BCUT2D eigenvalue weighted by molar-refractivity contribution is 8.05. The van der Waals surface area contributed by atoms with Crippen molar-refractivity contribution in [1.82, 2.24) is 0 Å². The topological polar surface area (TPSA) is 12.4 Å². The summed E-state index contributed by atoms with van der Waals surface area (Å²) in [6.45, 7) is 0. The van der Waals surface area contributed by atoms with E-state index in [2.05, 4.69) is 4.99 Å². The van der Waals surface area contributed by atoms with Crippen LogP contribution < -0.4 is 0 Å². The zero-order valence-electron chi connectivity index (χ0n) is 4.04. The second kappa shape index (κ2) is 2.95. The Bertz CT molecular complexity index is 160. The van der Waals surface area contributed by atoms with Crippen molar-refractivity contribution in [3.05, 3.63) is 22.0 Å². The molecule has 0 aromatic rings. The molecule has 0 fully saturated rings. The molecule has 1 aliphatic heterocycles. The van der Waals surface area contributed by atoms with Crippen molar-refractivity contribution in [2.24, 2.45) is 4.99 Å². The van der Waals surface area contributed by atoms with Gasteiger partial charge < -0.3 is 0 Å². The highest BCUT2D eigenvalue weighted by Crippen LogP contribution is 2.20. The van der Waals surface area contributed by atoms with E-state index in [0.717, 1.165) is 5.03 Å². The molecule has 3 heteroatoms. The van der Waals surface area contributed by atoms with Crippen LogP contribution in [0, 0.1) is 0 Å². The smallest absolute Gasteiger partial charge is 0.111 e. The Kier molecular flexibility index (Phi) is 2.18. The first-order valence-corrected chi connectivity index (χ1v) is 3.41. The number of aliphatic imine (C=N–C) groups is 1. The van der Waals surface area contributed by atoms with E-state index >= 15 is 0 Å². The highest BCUT2D eigenvalue weighted by atomic mass is 35.5. The molecule has 0 saturated heterocycles. The molecular weight excluding hydrogens is 142 g/mol. The number of thioether (sulfide) groups is 1. The number of rotatable bonds is 0. The summed E-state index contributed by atoms with van der Waals surface area (Å²) < 4.78 is 0. The lowest BCUT2D eigenvalue weighted by Crippen LogP contribution is -1.73. The van der Waals surface area contributed by atoms with Gasteiger partial charge in [-0.15, -0.1) is 0 Å². The zero-order chi connectivity index (χ0) is 5.82. The van der Waals surface area contributed by atoms with Crippen LogP contribution in [-0.4, -0.2) is 6.21 Å². The van der Waals surface area contributed by atoms with Gasteiger partial charge in [-0.3, -0.25) is 0 Å². The van der Waals surface area contributed by atoms with Crippen molar-refractivity contribution in [3.8, 4) is 0 Å². The van der Waals surface area contributed by atoms with Gasteiger partial charge in [0.1, 0.15) is 5.03 Å². The van der Waals surface area contributed by atoms with E-state index in [-0.39, 0.29) is 0 Å². The number of hydrogen-bond acceptors (Lipinski definition) is 2. The Morgan fingerprint density at radius 2 is 2.62 bits per heavy atom. The van der Waals surface area contributed by atoms with Crippen molar-refractivity contribution < 1.29 is 0 Å². The third-order valence-electron chi connectivity index (χ3n) is 0.649. The van der Waals surface area contributed by atoms with Gasteiger partial charge in [-0.1, -0.05) is 23.4 Å². The molecule has 1 nitrogen and oxygen atoms in total. The minimum absolute atomic E-state index is 0.842. The Morgan fingerprint density at radius 1 is 1.75 bits per heavy atom. The van der Waals surface area contributed by atoms with Crippen molar-refractivity contribution in [2.75, 3.05) is 0 Å². The van der Waals surface area contributed by atoms with Crippen LogP contribution in [0.3, 0.4) is 0 Å². The van der Waals surface area contributed by atoms with E-state index in [9.17, 15) is 0 Å². The third-order valence-corrected chi connectivity index (χ3v) is 1.74. The van der Waals surface area contributed by atoms with Crippen molar-refractivity contribution in [3.63, 3.8) is 0 Å². The van der Waals surface area contributed by atoms with Crippen molar-refractivity contribution >= 4 is 29.6 Å². The molecule has 8 heavy (non-hydrogen) atoms. The Hall–Kier alpha value is -0.210. The monoisotopic (exact) mass is 145 g/mol. The first-order valence-electron chi connectivity index (χ1n) is 2.10. The molecule has 0 unspecified atom stereocenters. The van der Waals surface area contributed by atoms with Gasteiger partial charge in [0, 0.05) is 11.7 Å². The van der Waals surface area contributed by atoms with E-state index < -0.39 is 0 Å². The molecule has 0 bridgehead atoms. The third kappa shape index (κ3) is 1.39. The fourth-order valence-corrected chi connectivity index (χ4v) is 1.02. The lowest BCUT2D eigenvalue weighted by molar-refractivity contribution is 1.56. The van der Waals surface area contributed by atoms with E-state index in [1.54, 1.807) is 6.21 Å². The van der Waals surface area contributed by atoms with Gasteiger partial charge in [-0.05, 0) is 11.5 Å². The molecule has 0 aromatic heterocycles. The SMILES string of the molecule is ClC=C1N=CC=CS1. The van der Waals surface area contributed by atoms with Crippen LogP contribution in [0.2, 0.25) is 0 Å². The molecule has 0 N–H and O–H groups in total. The minimum Gasteiger partial charge on any atom is -0.249 e. The van der Waals surface area contributed by atoms with Crippen LogP contribution in [0.1, 0.15) is 0 Å². The highest BCUT2D eigenvalue weighted by Gasteiger charge is 1.91. The number of halogens is 1. The molecule has 1 rings (SSSR count). The van der Waals surface area contributed by atoms with E-state index in [1.807, 2.05) is 11.5 Å². The molecule has 0 aliphatic carbocycles. The summed E-state index contributed by atoms with van der Waals surface area (Å²) in [5.74, 6) is 0. The molecule has 0 radical (unpaired) electrons. The average Bonchev–Trinajstić information content (AvgIpc) is 1.90. The predicted octanol–water partition coefficient (Wildman–Crippen LogP) is 2.36. The van der Waals surface area contributed by atoms with Gasteiger partial charge in [0.05, 0.1) is 0 Å². The largest absolute Gasteiger partial charge is 0.249 e. The summed E-state index contributed by atoms with van der Waals surface area (Å²) in [6, 6.07) is 0. The molecule has 42 valence electrons. The van der Waals surface area contributed by atoms with Crippen LogP contribution in [0.4, 0.5) is 0 Å². The maximum atomic E-state index is 5.35. The van der Waals surface area contributed by atoms with Gasteiger partial charge in [0.15, 0.2) is 0 Å². The summed E-state index contributed by atoms with van der Waals surface area (Å²) in [5.41, 5.74) is 1.46. The van der Waals surface area contributed by atoms with Gasteiger partial charge >= 0.3 is 0 Å². The molecule has 0 saturated carbocycles.